The van der Waals surface area contributed by atoms with Crippen molar-refractivity contribution in [2.45, 2.75) is 44.1 Å². The molecule has 1 saturated heterocycles. The third-order valence-corrected chi connectivity index (χ3v) is 11.4. The molecule has 252 valence electrons. The highest BCUT2D eigenvalue weighted by Gasteiger charge is 2.46. The number of benzene rings is 3. The Morgan fingerprint density at radius 1 is 0.824 bits per heavy atom. The van der Waals surface area contributed by atoms with Crippen molar-refractivity contribution in [3.63, 3.8) is 0 Å². The monoisotopic (exact) mass is 668 g/mol. The van der Waals surface area contributed by atoms with Gasteiger partial charge < -0.3 is 24.8 Å². The minimum absolute atomic E-state index is 0.0471. The fourth-order valence-corrected chi connectivity index (χ4v) is 8.85. The lowest BCUT2D eigenvalue weighted by Gasteiger charge is -2.31. The van der Waals surface area contributed by atoms with Gasteiger partial charge in [0.1, 0.15) is 34.2 Å². The van der Waals surface area contributed by atoms with Gasteiger partial charge in [-0.2, -0.15) is 0 Å². The smallest absolute Gasteiger partial charge is 0.135 e. The third kappa shape index (κ3) is 5.00. The maximum Gasteiger partial charge on any atom is 0.135 e. The fraction of sp³-hybridized carbons (Fsp3) is 0.222. The first kappa shape index (κ1) is 30.3. The molecule has 6 heteroatoms. The molecule has 6 nitrogen and oxygen atoms in total. The quantitative estimate of drug-likeness (QED) is 0.113. The van der Waals surface area contributed by atoms with Crippen LogP contribution in [-0.4, -0.2) is 24.0 Å². The number of para-hydroxylation sites is 1. The number of nitrogens with two attached hydrogens (primary N) is 1. The summed E-state index contributed by atoms with van der Waals surface area (Å²) in [5, 5.41) is 8.15. The average Bonchev–Trinajstić information content (AvgIpc) is 3.83. The normalized spacial score (nSPS) is 26.9. The number of hydrogen-bond donors (Lipinski definition) is 2. The molecule has 1 fully saturated rings. The van der Waals surface area contributed by atoms with E-state index in [1.165, 1.54) is 16.2 Å². The van der Waals surface area contributed by atoms with Crippen molar-refractivity contribution in [1.82, 2.24) is 5.32 Å². The van der Waals surface area contributed by atoms with E-state index >= 15 is 0 Å². The van der Waals surface area contributed by atoms with E-state index < -0.39 is 6.17 Å². The van der Waals surface area contributed by atoms with Gasteiger partial charge in [0.05, 0.1) is 18.1 Å². The Morgan fingerprint density at radius 2 is 1.67 bits per heavy atom. The van der Waals surface area contributed by atoms with E-state index in [-0.39, 0.29) is 18.1 Å². The van der Waals surface area contributed by atoms with Crippen LogP contribution in [0.15, 0.2) is 147 Å². The van der Waals surface area contributed by atoms with E-state index in [0.29, 0.717) is 17.8 Å². The second kappa shape index (κ2) is 12.0. The summed E-state index contributed by atoms with van der Waals surface area (Å²) in [6.07, 6.45) is 30.4. The molecule has 7 atom stereocenters. The number of furan rings is 2. The first-order valence-electron chi connectivity index (χ1n) is 18.2. The van der Waals surface area contributed by atoms with Crippen molar-refractivity contribution >= 4 is 56.6 Å². The molecule has 6 unspecified atom stereocenters. The van der Waals surface area contributed by atoms with Gasteiger partial charge in [-0.3, -0.25) is 4.99 Å². The van der Waals surface area contributed by atoms with E-state index in [1.807, 2.05) is 18.2 Å². The van der Waals surface area contributed by atoms with Crippen LogP contribution in [0.3, 0.4) is 0 Å². The van der Waals surface area contributed by atoms with E-state index in [0.717, 1.165) is 62.9 Å². The van der Waals surface area contributed by atoms with E-state index in [9.17, 15) is 0 Å². The summed E-state index contributed by atoms with van der Waals surface area (Å²) in [6, 6.07) is 21.6. The van der Waals surface area contributed by atoms with Crippen molar-refractivity contribution in [1.29, 1.82) is 0 Å². The molecule has 0 saturated carbocycles. The number of nitrogens with one attached hydrogen (secondary N) is 1. The summed E-state index contributed by atoms with van der Waals surface area (Å²) in [6.45, 7) is 2.21. The van der Waals surface area contributed by atoms with Crippen molar-refractivity contribution in [2.75, 3.05) is 4.90 Å². The van der Waals surface area contributed by atoms with Gasteiger partial charge in [-0.25, -0.2) is 0 Å². The third-order valence-electron chi connectivity index (χ3n) is 11.4. The van der Waals surface area contributed by atoms with Gasteiger partial charge in [0.15, 0.2) is 0 Å². The van der Waals surface area contributed by atoms with Gasteiger partial charge >= 0.3 is 0 Å². The Hall–Kier alpha value is -5.59. The molecule has 3 N–H and O–H groups in total. The summed E-state index contributed by atoms with van der Waals surface area (Å²) in [5.74, 6) is 1.82. The molecular formula is C45H40N4O2. The molecule has 1 aliphatic heterocycles. The maximum absolute atomic E-state index is 7.11. The molecule has 4 aliphatic carbocycles. The van der Waals surface area contributed by atoms with Crippen LogP contribution in [0.1, 0.15) is 31.5 Å². The molecule has 0 spiro atoms. The topological polar surface area (TPSA) is 79.9 Å². The second-order valence-corrected chi connectivity index (χ2v) is 14.4. The Morgan fingerprint density at radius 3 is 2.57 bits per heavy atom. The van der Waals surface area contributed by atoms with Gasteiger partial charge in [0, 0.05) is 50.4 Å². The number of amidine groups is 1. The summed E-state index contributed by atoms with van der Waals surface area (Å²) in [7, 11) is 0. The fourth-order valence-electron chi connectivity index (χ4n) is 8.85. The van der Waals surface area contributed by atoms with Crippen LogP contribution in [0.2, 0.25) is 0 Å². The molecule has 0 bridgehead atoms. The van der Waals surface area contributed by atoms with Gasteiger partial charge in [-0.1, -0.05) is 110 Å². The first-order chi connectivity index (χ1) is 25.1. The summed E-state index contributed by atoms with van der Waals surface area (Å²) in [5.41, 5.74) is 14.0. The molecule has 2 aromatic heterocycles. The maximum atomic E-state index is 7.11. The van der Waals surface area contributed by atoms with Crippen molar-refractivity contribution in [3.05, 3.63) is 149 Å². The molecular weight excluding hydrogens is 629 g/mol. The molecule has 3 aromatic carbocycles. The van der Waals surface area contributed by atoms with E-state index in [1.54, 1.807) is 0 Å². The van der Waals surface area contributed by atoms with Gasteiger partial charge in [-0.15, -0.1) is 0 Å². The lowest BCUT2D eigenvalue weighted by molar-refractivity contribution is 0.537. The van der Waals surface area contributed by atoms with Crippen molar-refractivity contribution in [3.8, 4) is 0 Å². The van der Waals surface area contributed by atoms with Gasteiger partial charge in [0.2, 0.25) is 0 Å². The van der Waals surface area contributed by atoms with Crippen LogP contribution in [0.5, 0.6) is 0 Å². The number of aliphatic imine (C=N–C) groups is 1. The molecule has 51 heavy (non-hydrogen) atoms. The highest BCUT2D eigenvalue weighted by atomic mass is 16.3. The van der Waals surface area contributed by atoms with Crippen molar-refractivity contribution < 1.29 is 8.83 Å². The van der Waals surface area contributed by atoms with Gasteiger partial charge in [-0.05, 0) is 54.8 Å². The molecule has 5 aliphatic rings. The lowest BCUT2D eigenvalue weighted by atomic mass is 9.82. The molecule has 5 aromatic rings. The highest BCUT2D eigenvalue weighted by Crippen LogP contribution is 2.45. The summed E-state index contributed by atoms with van der Waals surface area (Å²) < 4.78 is 12.9. The van der Waals surface area contributed by atoms with E-state index in [4.69, 9.17) is 19.6 Å². The summed E-state index contributed by atoms with van der Waals surface area (Å²) in [4.78, 5) is 7.81. The number of fused-ring (bicyclic) bond motifs is 9. The van der Waals surface area contributed by atoms with Crippen LogP contribution in [-0.2, 0) is 0 Å². The van der Waals surface area contributed by atoms with Crippen LogP contribution < -0.4 is 26.6 Å². The van der Waals surface area contributed by atoms with Crippen LogP contribution in [0.25, 0.3) is 45.1 Å². The number of rotatable bonds is 5. The number of anilines is 1. The highest BCUT2D eigenvalue weighted by molar-refractivity contribution is 6.08. The van der Waals surface area contributed by atoms with Crippen LogP contribution in [0.4, 0.5) is 5.69 Å². The SMILES string of the molecule is C[C@@H]1C=CC=CC1N=C(NC(N)c1cccc2oc3ccc(N4C5C=CC=CC5C5C=c6c(oc7ccccc67)=CC54)cc3c12)C1=CC=CCC1. The van der Waals surface area contributed by atoms with Gasteiger partial charge in [0.25, 0.3) is 0 Å². The predicted octanol–water partition coefficient (Wildman–Crippen LogP) is 7.88. The lowest BCUT2D eigenvalue weighted by Crippen LogP contribution is -2.40. The minimum Gasteiger partial charge on any atom is -0.456 e. The summed E-state index contributed by atoms with van der Waals surface area (Å²) >= 11 is 0. The van der Waals surface area contributed by atoms with Crippen LogP contribution >= 0.6 is 0 Å². The predicted molar refractivity (Wildman–Crippen MR) is 209 cm³/mol. The molecule has 3 heterocycles. The molecule has 10 rings (SSSR count). The second-order valence-electron chi connectivity index (χ2n) is 14.4. The Kier molecular flexibility index (Phi) is 7.14. The number of hydrogen-bond acceptors (Lipinski definition) is 5. The minimum atomic E-state index is -0.498. The van der Waals surface area contributed by atoms with E-state index in [2.05, 4.69) is 139 Å². The average molecular weight is 669 g/mol. The zero-order chi connectivity index (χ0) is 34.1. The van der Waals surface area contributed by atoms with Crippen LogP contribution in [0, 0.1) is 17.8 Å². The molecule has 0 radical (unpaired) electrons. The number of nitrogens with zero attached hydrogens (tertiary/aromatic N) is 2. The Labute approximate surface area is 296 Å². The zero-order valence-corrected chi connectivity index (χ0v) is 28.5. The Bertz CT molecular complexity index is 2560. The first-order valence-corrected chi connectivity index (χ1v) is 18.2. The largest absolute Gasteiger partial charge is 0.456 e. The number of allylic oxidation sites excluding steroid dienone is 7. The zero-order valence-electron chi connectivity index (χ0n) is 28.5. The molecule has 0 amide bonds. The standard InChI is InChI=1S/C45H40N4O2/c1-27-12-5-8-18-36(27)47-45(28-13-3-2-4-14-28)48-44(46)32-17-11-21-41-43(32)35-24-29(22-23-40(35)50-41)49-37-19-9-6-15-30(37)33-25-34-31-16-7-10-20-39(31)51-42(34)26-38(33)49/h2-3,5-13,15-27,30,33,36-38,44H,4,14,46H2,1H3,(H,47,48)/t27-,30?,33?,36?,37?,38?,44?/m1/s1. The Balaban J connectivity index is 1.06. The van der Waals surface area contributed by atoms with Crippen molar-refractivity contribution in [2.24, 2.45) is 28.5 Å².